The molecule has 1 aromatic heterocycles. The van der Waals surface area contributed by atoms with Crippen molar-refractivity contribution in [2.24, 2.45) is 0 Å². The molecule has 1 aliphatic heterocycles. The smallest absolute Gasteiger partial charge is 0.234 e. The van der Waals surface area contributed by atoms with Crippen LogP contribution in [0.4, 0.5) is 0 Å². The van der Waals surface area contributed by atoms with Gasteiger partial charge in [-0.15, -0.1) is 0 Å². The van der Waals surface area contributed by atoms with Crippen LogP contribution in [0.5, 0.6) is 0 Å². The molecule has 0 bridgehead atoms. The predicted molar refractivity (Wildman–Crippen MR) is 85.9 cm³/mol. The summed E-state index contributed by atoms with van der Waals surface area (Å²) in [4.78, 5) is 18.6. The molecule has 1 atom stereocenters. The Kier molecular flexibility index (Phi) is 4.71. The number of aromatic nitrogens is 2. The highest BCUT2D eigenvalue weighted by molar-refractivity contribution is 5.78. The van der Waals surface area contributed by atoms with Gasteiger partial charge in [0, 0.05) is 13.1 Å². The Morgan fingerprint density at radius 1 is 1.39 bits per heavy atom. The lowest BCUT2D eigenvalue weighted by atomic mass is 10.1. The summed E-state index contributed by atoms with van der Waals surface area (Å²) in [6.45, 7) is 6.53. The van der Waals surface area contributed by atoms with Gasteiger partial charge in [-0.2, -0.15) is 4.98 Å². The molecule has 2 aromatic rings. The second-order valence-corrected chi connectivity index (χ2v) is 6.10. The lowest BCUT2D eigenvalue weighted by Crippen LogP contribution is -2.35. The van der Waals surface area contributed by atoms with Crippen molar-refractivity contribution < 1.29 is 9.32 Å². The van der Waals surface area contributed by atoms with E-state index in [0.29, 0.717) is 24.8 Å². The third kappa shape index (κ3) is 3.96. The first-order valence-electron chi connectivity index (χ1n) is 7.95. The van der Waals surface area contributed by atoms with E-state index in [1.807, 2.05) is 25.1 Å². The number of aryl methyl sites for hydroxylation is 2. The second kappa shape index (κ2) is 6.91. The average molecular weight is 314 g/mol. The van der Waals surface area contributed by atoms with Crippen molar-refractivity contribution in [1.82, 2.24) is 20.4 Å². The lowest BCUT2D eigenvalue weighted by molar-refractivity contribution is -0.122. The first kappa shape index (κ1) is 15.7. The fraction of sp³-hybridized carbons (Fsp3) is 0.471. The highest BCUT2D eigenvalue weighted by Gasteiger charge is 2.28. The number of nitrogens with one attached hydrogen (secondary N) is 1. The summed E-state index contributed by atoms with van der Waals surface area (Å²) in [6, 6.07) is 8.09. The molecule has 0 unspecified atom stereocenters. The molecule has 6 heteroatoms. The molecule has 1 aliphatic rings. The zero-order valence-electron chi connectivity index (χ0n) is 13.6. The van der Waals surface area contributed by atoms with Crippen LogP contribution in [-0.2, 0) is 11.3 Å². The molecular weight excluding hydrogens is 292 g/mol. The van der Waals surface area contributed by atoms with E-state index in [0.717, 1.165) is 25.1 Å². The Morgan fingerprint density at radius 2 is 2.22 bits per heavy atom. The number of hydrogen-bond acceptors (Lipinski definition) is 5. The van der Waals surface area contributed by atoms with Gasteiger partial charge in [-0.1, -0.05) is 29.4 Å². The maximum atomic E-state index is 12.1. The largest absolute Gasteiger partial charge is 0.351 e. The number of benzene rings is 1. The van der Waals surface area contributed by atoms with Gasteiger partial charge in [0.15, 0.2) is 5.82 Å². The van der Waals surface area contributed by atoms with Crippen molar-refractivity contribution in [2.75, 3.05) is 19.6 Å². The second-order valence-electron chi connectivity index (χ2n) is 6.10. The van der Waals surface area contributed by atoms with Crippen molar-refractivity contribution in [3.05, 3.63) is 47.1 Å². The quantitative estimate of drug-likeness (QED) is 0.911. The standard InChI is InChI=1S/C17H22N4O2/c1-12-5-3-4-6-14(12)9-18-16(22)11-21-8-7-15(10-21)17-19-13(2)20-23-17/h3-6,15H,7-11H2,1-2H3,(H,18,22)/t15-/m1/s1. The zero-order chi connectivity index (χ0) is 16.2. The minimum absolute atomic E-state index is 0.0515. The highest BCUT2D eigenvalue weighted by atomic mass is 16.5. The summed E-state index contributed by atoms with van der Waals surface area (Å²) in [7, 11) is 0. The third-order valence-electron chi connectivity index (χ3n) is 4.27. The van der Waals surface area contributed by atoms with Gasteiger partial charge < -0.3 is 9.84 Å². The topological polar surface area (TPSA) is 71.3 Å². The maximum absolute atomic E-state index is 12.1. The summed E-state index contributed by atoms with van der Waals surface area (Å²) in [6.07, 6.45) is 0.951. The molecule has 1 amide bonds. The molecule has 1 fully saturated rings. The van der Waals surface area contributed by atoms with Crippen LogP contribution in [0.1, 0.15) is 35.2 Å². The highest BCUT2D eigenvalue weighted by Crippen LogP contribution is 2.25. The van der Waals surface area contributed by atoms with Gasteiger partial charge in [-0.25, -0.2) is 0 Å². The van der Waals surface area contributed by atoms with Gasteiger partial charge >= 0.3 is 0 Å². The number of hydrogen-bond donors (Lipinski definition) is 1. The molecule has 3 rings (SSSR count). The van der Waals surface area contributed by atoms with Crippen molar-refractivity contribution in [2.45, 2.75) is 32.7 Å². The normalized spacial score (nSPS) is 18.3. The SMILES string of the molecule is Cc1noc([C@@H]2CCN(CC(=O)NCc3ccccc3C)C2)n1. The number of rotatable bonds is 5. The van der Waals surface area contributed by atoms with E-state index >= 15 is 0 Å². The van der Waals surface area contributed by atoms with E-state index in [9.17, 15) is 4.79 Å². The van der Waals surface area contributed by atoms with Gasteiger partial charge in [0.25, 0.3) is 0 Å². The fourth-order valence-corrected chi connectivity index (χ4v) is 2.92. The summed E-state index contributed by atoms with van der Waals surface area (Å²) in [5, 5.41) is 6.83. The van der Waals surface area contributed by atoms with Gasteiger partial charge in [-0.05, 0) is 37.9 Å². The van der Waals surface area contributed by atoms with Crippen molar-refractivity contribution in [3.63, 3.8) is 0 Å². The molecule has 23 heavy (non-hydrogen) atoms. The van der Waals surface area contributed by atoms with Crippen LogP contribution < -0.4 is 5.32 Å². The van der Waals surface area contributed by atoms with Crippen LogP contribution in [0.3, 0.4) is 0 Å². The lowest BCUT2D eigenvalue weighted by Gasteiger charge is -2.15. The fourth-order valence-electron chi connectivity index (χ4n) is 2.92. The molecule has 0 saturated carbocycles. The Hall–Kier alpha value is -2.21. The van der Waals surface area contributed by atoms with Gasteiger partial charge in [0.1, 0.15) is 0 Å². The van der Waals surface area contributed by atoms with Crippen LogP contribution in [0.25, 0.3) is 0 Å². The van der Waals surface area contributed by atoms with Crippen LogP contribution >= 0.6 is 0 Å². The summed E-state index contributed by atoms with van der Waals surface area (Å²) in [5.74, 6) is 1.63. The van der Waals surface area contributed by atoms with E-state index in [4.69, 9.17) is 4.52 Å². The number of amides is 1. The van der Waals surface area contributed by atoms with E-state index in [-0.39, 0.29) is 11.8 Å². The molecule has 1 N–H and O–H groups in total. The van der Waals surface area contributed by atoms with Crippen molar-refractivity contribution >= 4 is 5.91 Å². The van der Waals surface area contributed by atoms with Gasteiger partial charge in [0.05, 0.1) is 12.5 Å². The zero-order valence-corrected chi connectivity index (χ0v) is 13.6. The summed E-state index contributed by atoms with van der Waals surface area (Å²) >= 11 is 0. The van der Waals surface area contributed by atoms with Crippen LogP contribution in [0.2, 0.25) is 0 Å². The van der Waals surface area contributed by atoms with Crippen molar-refractivity contribution in [1.29, 1.82) is 0 Å². The Balaban J connectivity index is 1.46. The Labute approximate surface area is 135 Å². The third-order valence-corrected chi connectivity index (χ3v) is 4.27. The Morgan fingerprint density at radius 3 is 2.96 bits per heavy atom. The van der Waals surface area contributed by atoms with Gasteiger partial charge in [0.2, 0.25) is 11.8 Å². The number of likely N-dealkylation sites (tertiary alicyclic amines) is 1. The number of nitrogens with zero attached hydrogens (tertiary/aromatic N) is 3. The van der Waals surface area contributed by atoms with E-state index < -0.39 is 0 Å². The molecule has 1 aromatic carbocycles. The van der Waals surface area contributed by atoms with E-state index in [2.05, 4.69) is 33.3 Å². The number of carbonyl (C=O) groups excluding carboxylic acids is 1. The molecular formula is C17H22N4O2. The monoisotopic (exact) mass is 314 g/mol. The summed E-state index contributed by atoms with van der Waals surface area (Å²) in [5.41, 5.74) is 2.35. The maximum Gasteiger partial charge on any atom is 0.234 e. The molecule has 0 radical (unpaired) electrons. The Bertz CT molecular complexity index is 683. The van der Waals surface area contributed by atoms with E-state index in [1.165, 1.54) is 5.56 Å². The first-order valence-corrected chi connectivity index (χ1v) is 7.95. The minimum atomic E-state index is 0.0515. The van der Waals surface area contributed by atoms with E-state index in [1.54, 1.807) is 0 Å². The molecule has 2 heterocycles. The van der Waals surface area contributed by atoms with Gasteiger partial charge in [-0.3, -0.25) is 9.69 Å². The minimum Gasteiger partial charge on any atom is -0.351 e. The van der Waals surface area contributed by atoms with Crippen LogP contribution in [0, 0.1) is 13.8 Å². The predicted octanol–water partition coefficient (Wildman–Crippen LogP) is 1.79. The van der Waals surface area contributed by atoms with Crippen molar-refractivity contribution in [3.8, 4) is 0 Å². The molecule has 0 aliphatic carbocycles. The molecule has 1 saturated heterocycles. The number of carbonyl (C=O) groups is 1. The first-order chi connectivity index (χ1) is 11.1. The molecule has 6 nitrogen and oxygen atoms in total. The molecule has 0 spiro atoms. The van der Waals surface area contributed by atoms with Crippen LogP contribution in [-0.4, -0.2) is 40.6 Å². The summed E-state index contributed by atoms with van der Waals surface area (Å²) < 4.78 is 5.23. The average Bonchev–Trinajstić information content (AvgIpc) is 3.15. The van der Waals surface area contributed by atoms with Crippen LogP contribution in [0.15, 0.2) is 28.8 Å². The molecule has 122 valence electrons.